The fraction of sp³-hybridized carbons (Fsp3) is 0. The van der Waals surface area contributed by atoms with Crippen LogP contribution in [0.5, 0.6) is 0 Å². The summed E-state index contributed by atoms with van der Waals surface area (Å²) < 4.78 is 34.1. The van der Waals surface area contributed by atoms with Gasteiger partial charge < -0.3 is 20.1 Å². The van der Waals surface area contributed by atoms with E-state index in [2.05, 4.69) is 0 Å². The Bertz CT molecular complexity index is 96.2. The van der Waals surface area contributed by atoms with Crippen LogP contribution in [0, 0.1) is 0 Å². The number of hydrogen-bond donors (Lipinski definition) is 0. The van der Waals surface area contributed by atoms with E-state index in [0.717, 1.165) is 0 Å². The van der Waals surface area contributed by atoms with Gasteiger partial charge in [0, 0.05) is 10.4 Å². The van der Waals surface area contributed by atoms with Gasteiger partial charge >= 0.3 is 54.2 Å². The maximum Gasteiger partial charge on any atom is 2.00 e. The number of hydrogen-bond acceptors (Lipinski definition) is 6. The molecule has 0 fully saturated rings. The summed E-state index contributed by atoms with van der Waals surface area (Å²) in [7, 11) is -5.17. The van der Waals surface area contributed by atoms with Crippen molar-refractivity contribution in [2.45, 2.75) is 0 Å². The normalized spacial score (nSPS) is 6.44. The smallest absolute Gasteiger partial charge is 0.870 e. The largest absolute Gasteiger partial charge is 2.00 e. The van der Waals surface area contributed by atoms with Gasteiger partial charge in [0.25, 0.3) is 0 Å². The molecule has 0 saturated carbocycles. The Morgan fingerprint density at radius 2 is 1.00 bits per heavy atom. The molecule has 0 bridgehead atoms. The molecule has 0 saturated heterocycles. The summed E-state index contributed by atoms with van der Waals surface area (Å²) in [4.78, 5) is 0. The molecule has 0 aliphatic heterocycles. The van der Waals surface area contributed by atoms with E-state index >= 15 is 0 Å². The van der Waals surface area contributed by atoms with E-state index in [1.165, 1.54) is 0 Å². The summed E-state index contributed by atoms with van der Waals surface area (Å²) in [6.45, 7) is 0. The molecule has 0 radical (unpaired) electrons. The third kappa shape index (κ3) is 228. The van der Waals surface area contributed by atoms with Gasteiger partial charge in [-0.15, -0.1) is 0 Å². The minimum Gasteiger partial charge on any atom is -0.870 e. The molecular weight excluding hydrogens is 227 g/mol. The summed E-state index contributed by atoms with van der Waals surface area (Å²) >= 11 is 0. The van der Waals surface area contributed by atoms with Crippen LogP contribution in [0.2, 0.25) is 0 Å². The Morgan fingerprint density at radius 3 is 1.00 bits per heavy atom. The third-order valence-electron chi connectivity index (χ3n) is 0. The zero-order chi connectivity index (χ0) is 4.50. The Morgan fingerprint density at radius 1 is 1.00 bits per heavy atom. The van der Waals surface area contributed by atoms with Gasteiger partial charge in [-0.05, 0) is 0 Å². The molecule has 0 aliphatic rings. The molecule has 0 heterocycles. The van der Waals surface area contributed by atoms with E-state index in [0.29, 0.717) is 0 Å². The van der Waals surface area contributed by atoms with E-state index in [1.54, 1.807) is 0 Å². The van der Waals surface area contributed by atoms with Crippen LogP contribution in [-0.4, -0.2) is 66.2 Å². The fourth-order valence-corrected chi connectivity index (χ4v) is 0. The van der Waals surface area contributed by atoms with E-state index in [1.807, 2.05) is 0 Å². The first-order valence-electron chi connectivity index (χ1n) is 0.667. The van der Waals surface area contributed by atoms with Gasteiger partial charge in [0.05, 0.1) is 0 Å². The van der Waals surface area contributed by atoms with Crippen LogP contribution in [0.15, 0.2) is 0 Å². The maximum atomic E-state index is 8.52. The average Bonchev–Trinajstić information content (AvgIpc) is 0.722. The minimum atomic E-state index is -5.17. The van der Waals surface area contributed by atoms with Gasteiger partial charge in [-0.3, -0.25) is 8.42 Å². The Labute approximate surface area is 92.1 Å². The van der Waals surface area contributed by atoms with Crippen LogP contribution in [0.4, 0.5) is 0 Å². The Kier molecular flexibility index (Phi) is 42.5. The predicted octanol–water partition coefficient (Wildman–Crippen LogP) is -2.07. The third-order valence-corrected chi connectivity index (χ3v) is 0. The molecule has 0 atom stereocenters. The van der Waals surface area contributed by atoms with Gasteiger partial charge in [0.15, 0.2) is 0 Å². The van der Waals surface area contributed by atoms with Crippen molar-refractivity contribution in [2.75, 3.05) is 0 Å². The summed E-state index contributed by atoms with van der Waals surface area (Å²) in [6, 6.07) is 0. The molecule has 0 rings (SSSR count). The molecule has 2 N–H and O–H groups in total. The quantitative estimate of drug-likeness (QED) is 0.265. The molecule has 6 nitrogen and oxygen atoms in total. The SMILES string of the molecule is O=S(=O)([O-])[O-].[Ca+2].[Ni+2].[OH-].[OH-]. The zero-order valence-corrected chi connectivity index (χ0v) is 7.97. The number of rotatable bonds is 0. The van der Waals surface area contributed by atoms with Crippen molar-refractivity contribution in [1.82, 2.24) is 0 Å². The van der Waals surface area contributed by atoms with Crippen LogP contribution >= 0.6 is 0 Å². The first-order chi connectivity index (χ1) is 2.00. The molecule has 0 unspecified atom stereocenters. The molecule has 0 aromatic rings. The molecule has 56 valence electrons. The first kappa shape index (κ1) is 31.2. The molecule has 0 aromatic heterocycles. The second kappa shape index (κ2) is 12.2. The predicted molar refractivity (Wildman–Crippen MR) is 20.1 cm³/mol. The average molecular weight is 229 g/mol. The van der Waals surface area contributed by atoms with Gasteiger partial charge in [0.2, 0.25) is 0 Å². The van der Waals surface area contributed by atoms with Crippen LogP contribution in [-0.2, 0) is 26.9 Å². The monoisotopic (exact) mass is 228 g/mol. The topological polar surface area (TPSA) is 140 Å². The molecule has 0 spiro atoms. The van der Waals surface area contributed by atoms with Crippen molar-refractivity contribution in [2.24, 2.45) is 0 Å². The summed E-state index contributed by atoms with van der Waals surface area (Å²) in [5.41, 5.74) is 0. The Hall–Kier alpha value is 1.54. The van der Waals surface area contributed by atoms with Crippen LogP contribution in [0.1, 0.15) is 0 Å². The van der Waals surface area contributed by atoms with Gasteiger partial charge in [0.1, 0.15) is 0 Å². The van der Waals surface area contributed by atoms with Gasteiger partial charge in [-0.1, -0.05) is 0 Å². The van der Waals surface area contributed by atoms with E-state index in [4.69, 9.17) is 17.5 Å². The molecular formula is H2CaNiO6S. The standard InChI is InChI=1S/Ca.Ni.H2O4S.2H2O/c;;1-5(2,3)4;;/h;;(H2,1,2,3,4);2*1H2/q2*+2;;;/p-4. The van der Waals surface area contributed by atoms with Gasteiger partial charge in [-0.2, -0.15) is 0 Å². The second-order valence-electron chi connectivity index (χ2n) is 0.408. The summed E-state index contributed by atoms with van der Waals surface area (Å²) in [5, 5.41) is 0. The van der Waals surface area contributed by atoms with Gasteiger partial charge in [-0.25, -0.2) is 0 Å². The first-order valence-corrected chi connectivity index (χ1v) is 2.00. The minimum absolute atomic E-state index is 0. The van der Waals surface area contributed by atoms with Crippen molar-refractivity contribution in [3.63, 3.8) is 0 Å². The van der Waals surface area contributed by atoms with E-state index < -0.39 is 10.4 Å². The van der Waals surface area contributed by atoms with Crippen molar-refractivity contribution in [3.8, 4) is 0 Å². The van der Waals surface area contributed by atoms with Crippen LogP contribution < -0.4 is 0 Å². The second-order valence-corrected chi connectivity index (χ2v) is 1.22. The Balaban J connectivity index is -0.0000000133. The zero-order valence-electron chi connectivity index (χ0n) is 3.96. The molecule has 9 heavy (non-hydrogen) atoms. The van der Waals surface area contributed by atoms with Crippen molar-refractivity contribution >= 4 is 48.1 Å². The molecule has 0 aliphatic carbocycles. The molecule has 0 aromatic carbocycles. The molecule has 0 amide bonds. The molecule has 9 heteroatoms. The van der Waals surface area contributed by atoms with Crippen molar-refractivity contribution in [3.05, 3.63) is 0 Å². The van der Waals surface area contributed by atoms with Crippen LogP contribution in [0.3, 0.4) is 0 Å². The fourth-order valence-electron chi connectivity index (χ4n) is 0. The van der Waals surface area contributed by atoms with Crippen molar-refractivity contribution < 1.29 is 45.0 Å². The van der Waals surface area contributed by atoms with E-state index in [-0.39, 0.29) is 65.2 Å². The summed E-state index contributed by atoms with van der Waals surface area (Å²) in [6.07, 6.45) is 0. The van der Waals surface area contributed by atoms with E-state index in [9.17, 15) is 0 Å². The van der Waals surface area contributed by atoms with Crippen LogP contribution in [0.25, 0.3) is 0 Å². The van der Waals surface area contributed by atoms with Crippen molar-refractivity contribution in [1.29, 1.82) is 0 Å². The summed E-state index contributed by atoms with van der Waals surface area (Å²) in [5.74, 6) is 0. The maximum absolute atomic E-state index is 8.52.